The maximum Gasteiger partial charge on any atom is 0.189 e. The van der Waals surface area contributed by atoms with Gasteiger partial charge in [-0.25, -0.2) is 0 Å². The van der Waals surface area contributed by atoms with Crippen molar-refractivity contribution in [2.75, 3.05) is 12.4 Å². The standard InChI is InChI=1S/C16H17Cl2N/c17-11-12-19(13-14-7-3-1-4-8-14)16(18)15-9-5-2-6-10-15/h1-10,16H,11-13H2/p+1/t16-/m0/s1. The Morgan fingerprint density at radius 3 is 2.05 bits per heavy atom. The van der Waals surface area contributed by atoms with Crippen LogP contribution in [0.3, 0.4) is 0 Å². The Bertz CT molecular complexity index is 473. The molecule has 19 heavy (non-hydrogen) atoms. The highest BCUT2D eigenvalue weighted by molar-refractivity contribution is 6.19. The van der Waals surface area contributed by atoms with Crippen molar-refractivity contribution in [3.05, 3.63) is 71.8 Å². The van der Waals surface area contributed by atoms with Crippen molar-refractivity contribution in [1.82, 2.24) is 0 Å². The van der Waals surface area contributed by atoms with E-state index in [2.05, 4.69) is 36.4 Å². The molecular formula is C16H18Cl2N+. The third-order valence-electron chi connectivity index (χ3n) is 3.14. The first-order valence-corrected chi connectivity index (χ1v) is 7.42. The van der Waals surface area contributed by atoms with Crippen LogP contribution in [0.1, 0.15) is 16.6 Å². The summed E-state index contributed by atoms with van der Waals surface area (Å²) in [4.78, 5) is 1.27. The van der Waals surface area contributed by atoms with Crippen LogP contribution in [-0.2, 0) is 6.54 Å². The lowest BCUT2D eigenvalue weighted by atomic mass is 10.1. The van der Waals surface area contributed by atoms with Crippen molar-refractivity contribution in [3.63, 3.8) is 0 Å². The van der Waals surface area contributed by atoms with Crippen molar-refractivity contribution in [1.29, 1.82) is 0 Å². The first-order valence-electron chi connectivity index (χ1n) is 6.44. The second-order valence-electron chi connectivity index (χ2n) is 4.53. The zero-order valence-electron chi connectivity index (χ0n) is 10.7. The average molecular weight is 295 g/mol. The van der Waals surface area contributed by atoms with Crippen molar-refractivity contribution in [2.45, 2.75) is 12.0 Å². The minimum atomic E-state index is -0.0693. The summed E-state index contributed by atoms with van der Waals surface area (Å²) in [5.74, 6) is 0.609. The van der Waals surface area contributed by atoms with Gasteiger partial charge in [0.25, 0.3) is 0 Å². The molecule has 0 saturated carbocycles. The van der Waals surface area contributed by atoms with Crippen molar-refractivity contribution >= 4 is 23.2 Å². The summed E-state index contributed by atoms with van der Waals surface area (Å²) in [6.07, 6.45) is 0. The van der Waals surface area contributed by atoms with Gasteiger partial charge in [-0.2, -0.15) is 0 Å². The summed E-state index contributed by atoms with van der Waals surface area (Å²) in [6, 6.07) is 20.6. The lowest BCUT2D eigenvalue weighted by Gasteiger charge is -2.24. The van der Waals surface area contributed by atoms with Crippen molar-refractivity contribution in [2.24, 2.45) is 0 Å². The highest BCUT2D eigenvalue weighted by Crippen LogP contribution is 2.13. The summed E-state index contributed by atoms with van der Waals surface area (Å²) in [5, 5.41) is 0. The smallest absolute Gasteiger partial charge is 0.189 e. The van der Waals surface area contributed by atoms with Gasteiger partial charge in [0.05, 0.1) is 12.4 Å². The van der Waals surface area contributed by atoms with Gasteiger partial charge < -0.3 is 4.90 Å². The van der Waals surface area contributed by atoms with Gasteiger partial charge in [-0.3, -0.25) is 0 Å². The Kier molecular flexibility index (Phi) is 5.71. The molecule has 0 aliphatic rings. The molecule has 0 spiro atoms. The summed E-state index contributed by atoms with van der Waals surface area (Å²) < 4.78 is 0. The van der Waals surface area contributed by atoms with Crippen LogP contribution in [-0.4, -0.2) is 12.4 Å². The number of quaternary nitrogens is 1. The fraction of sp³-hybridized carbons (Fsp3) is 0.250. The number of rotatable bonds is 6. The Morgan fingerprint density at radius 1 is 0.895 bits per heavy atom. The van der Waals surface area contributed by atoms with E-state index in [0.29, 0.717) is 5.88 Å². The van der Waals surface area contributed by atoms with Gasteiger partial charge in [-0.05, 0) is 0 Å². The van der Waals surface area contributed by atoms with Crippen LogP contribution in [0.25, 0.3) is 0 Å². The monoisotopic (exact) mass is 294 g/mol. The predicted molar refractivity (Wildman–Crippen MR) is 81.7 cm³/mol. The zero-order chi connectivity index (χ0) is 13.5. The average Bonchev–Trinajstić information content (AvgIpc) is 2.48. The number of hydrogen-bond donors (Lipinski definition) is 1. The molecule has 0 aliphatic heterocycles. The molecule has 1 nitrogen and oxygen atoms in total. The first kappa shape index (κ1) is 14.4. The van der Waals surface area contributed by atoms with Crippen LogP contribution in [0.2, 0.25) is 0 Å². The van der Waals surface area contributed by atoms with Crippen molar-refractivity contribution < 1.29 is 4.90 Å². The molecular weight excluding hydrogens is 277 g/mol. The van der Waals surface area contributed by atoms with E-state index >= 15 is 0 Å². The van der Waals surface area contributed by atoms with Gasteiger partial charge in [0.2, 0.25) is 0 Å². The van der Waals surface area contributed by atoms with Gasteiger partial charge >= 0.3 is 0 Å². The summed E-state index contributed by atoms with van der Waals surface area (Å²) in [5.41, 5.74) is 2.35. The molecule has 1 N–H and O–H groups in total. The summed E-state index contributed by atoms with van der Waals surface area (Å²) in [6.45, 7) is 1.73. The molecule has 0 fully saturated rings. The number of halogens is 2. The predicted octanol–water partition coefficient (Wildman–Crippen LogP) is 3.25. The SMILES string of the molecule is ClCC[NH+](Cc1ccccc1)[C@H](Cl)c1ccccc1. The largest absolute Gasteiger partial charge is 0.311 e. The van der Waals surface area contributed by atoms with Crippen LogP contribution < -0.4 is 4.90 Å². The van der Waals surface area contributed by atoms with E-state index in [-0.39, 0.29) is 5.50 Å². The second-order valence-corrected chi connectivity index (χ2v) is 5.35. The summed E-state index contributed by atoms with van der Waals surface area (Å²) >= 11 is 12.5. The molecule has 0 aromatic heterocycles. The zero-order valence-corrected chi connectivity index (χ0v) is 12.2. The lowest BCUT2D eigenvalue weighted by Crippen LogP contribution is -3.10. The highest BCUT2D eigenvalue weighted by atomic mass is 35.5. The normalized spacial score (nSPS) is 14.0. The fourth-order valence-electron chi connectivity index (χ4n) is 2.14. The lowest BCUT2D eigenvalue weighted by molar-refractivity contribution is -0.929. The van der Waals surface area contributed by atoms with E-state index in [1.54, 1.807) is 0 Å². The van der Waals surface area contributed by atoms with Gasteiger partial charge in [0.15, 0.2) is 5.50 Å². The molecule has 0 heterocycles. The minimum absolute atomic E-state index is 0.0693. The Hall–Kier alpha value is -1.02. The third-order valence-corrected chi connectivity index (χ3v) is 3.89. The van der Waals surface area contributed by atoms with E-state index in [0.717, 1.165) is 18.7 Å². The van der Waals surface area contributed by atoms with Crippen LogP contribution in [0.5, 0.6) is 0 Å². The van der Waals surface area contributed by atoms with Gasteiger partial charge in [0, 0.05) is 11.1 Å². The van der Waals surface area contributed by atoms with Crippen LogP contribution in [0.4, 0.5) is 0 Å². The molecule has 0 amide bonds. The van der Waals surface area contributed by atoms with E-state index in [1.807, 2.05) is 24.3 Å². The van der Waals surface area contributed by atoms with E-state index in [4.69, 9.17) is 23.2 Å². The molecule has 2 atom stereocenters. The molecule has 100 valence electrons. The Balaban J connectivity index is 2.11. The van der Waals surface area contributed by atoms with Gasteiger partial charge in [-0.15, -0.1) is 11.6 Å². The second kappa shape index (κ2) is 7.54. The van der Waals surface area contributed by atoms with E-state index in [1.165, 1.54) is 10.5 Å². The quantitative estimate of drug-likeness (QED) is 0.616. The van der Waals surface area contributed by atoms with Crippen molar-refractivity contribution in [3.8, 4) is 0 Å². The number of alkyl halides is 2. The molecule has 2 rings (SSSR count). The van der Waals surface area contributed by atoms with E-state index in [9.17, 15) is 0 Å². The molecule has 1 unspecified atom stereocenters. The minimum Gasteiger partial charge on any atom is -0.311 e. The number of nitrogens with one attached hydrogen (secondary N) is 1. The Morgan fingerprint density at radius 2 is 1.47 bits per heavy atom. The van der Waals surface area contributed by atoms with Crippen LogP contribution in [0, 0.1) is 0 Å². The van der Waals surface area contributed by atoms with Gasteiger partial charge in [0.1, 0.15) is 6.54 Å². The molecule has 0 saturated heterocycles. The maximum absolute atomic E-state index is 6.61. The molecule has 2 aromatic rings. The molecule has 2 aromatic carbocycles. The molecule has 0 aliphatic carbocycles. The first-order chi connectivity index (χ1) is 9.31. The molecule has 0 radical (unpaired) electrons. The fourth-order valence-corrected chi connectivity index (χ4v) is 2.72. The van der Waals surface area contributed by atoms with Gasteiger partial charge in [-0.1, -0.05) is 72.3 Å². The highest BCUT2D eigenvalue weighted by Gasteiger charge is 2.21. The van der Waals surface area contributed by atoms with Crippen LogP contribution >= 0.6 is 23.2 Å². The number of hydrogen-bond acceptors (Lipinski definition) is 0. The summed E-state index contributed by atoms with van der Waals surface area (Å²) in [7, 11) is 0. The maximum atomic E-state index is 6.61. The van der Waals surface area contributed by atoms with Crippen LogP contribution in [0.15, 0.2) is 60.7 Å². The molecule has 3 heteroatoms. The number of benzene rings is 2. The molecule has 0 bridgehead atoms. The van der Waals surface area contributed by atoms with E-state index < -0.39 is 0 Å². The Labute approximate surface area is 124 Å². The third kappa shape index (κ3) is 4.24. The topological polar surface area (TPSA) is 4.44 Å².